The van der Waals surface area contributed by atoms with Gasteiger partial charge in [0.05, 0.1) is 5.41 Å². The Balaban J connectivity index is 1.77. The fourth-order valence-electron chi connectivity index (χ4n) is 5.12. The Morgan fingerprint density at radius 3 is 2.33 bits per heavy atom. The largest absolute Gasteiger partial charge is 0.366 e. The molecule has 1 fully saturated rings. The number of nitrogens with two attached hydrogens (primary N) is 1. The number of carbonyl (C=O) groups is 1. The van der Waals surface area contributed by atoms with E-state index in [1.807, 2.05) is 37.1 Å². The van der Waals surface area contributed by atoms with Crippen molar-refractivity contribution in [3.63, 3.8) is 0 Å². The second kappa shape index (κ2) is 7.42. The second-order valence-electron chi connectivity index (χ2n) is 8.85. The van der Waals surface area contributed by atoms with Gasteiger partial charge in [0.2, 0.25) is 5.91 Å². The average Bonchev–Trinajstić information content (AvgIpc) is 2.95. The van der Waals surface area contributed by atoms with Crippen LogP contribution in [0.15, 0.2) is 42.1 Å². The van der Waals surface area contributed by atoms with Crippen molar-refractivity contribution in [1.82, 2.24) is 4.90 Å². The van der Waals surface area contributed by atoms with Gasteiger partial charge in [0, 0.05) is 24.3 Å². The number of aryl methyl sites for hydroxylation is 1. The van der Waals surface area contributed by atoms with Crippen LogP contribution >= 0.6 is 0 Å². The van der Waals surface area contributed by atoms with Crippen molar-refractivity contribution in [2.45, 2.75) is 45.1 Å². The molecular weight excluding hydrogens is 374 g/mol. The van der Waals surface area contributed by atoms with Crippen LogP contribution in [0.5, 0.6) is 0 Å². The molecule has 0 aromatic heterocycles. The van der Waals surface area contributed by atoms with E-state index >= 15 is 0 Å². The highest BCUT2D eigenvalue weighted by Gasteiger charge is 2.49. The molecule has 0 aliphatic carbocycles. The Labute approximate surface area is 178 Å². The molecule has 2 aliphatic heterocycles. The first-order valence-corrected chi connectivity index (χ1v) is 10.6. The van der Waals surface area contributed by atoms with E-state index in [1.165, 1.54) is 5.56 Å². The number of fused-ring (bicyclic) bond motifs is 2. The minimum absolute atomic E-state index is 0.262. The highest BCUT2D eigenvalue weighted by molar-refractivity contribution is 5.96. The maximum Gasteiger partial charge on any atom is 0.248 e. The Kier molecular flexibility index (Phi) is 5.05. The lowest BCUT2D eigenvalue weighted by molar-refractivity contribution is 0.0999. The van der Waals surface area contributed by atoms with Gasteiger partial charge in [-0.2, -0.15) is 0 Å². The molecule has 1 amide bonds. The Bertz CT molecular complexity index is 1060. The topological polar surface area (TPSA) is 66.6 Å². The number of amides is 1. The lowest BCUT2D eigenvalue weighted by atomic mass is 9.72. The van der Waals surface area contributed by atoms with Gasteiger partial charge < -0.3 is 15.5 Å². The van der Waals surface area contributed by atoms with Gasteiger partial charge in [0.15, 0.2) is 0 Å². The number of anilines is 1. The van der Waals surface area contributed by atoms with E-state index in [0.29, 0.717) is 11.6 Å². The summed E-state index contributed by atoms with van der Waals surface area (Å²) < 4.78 is 0. The summed E-state index contributed by atoms with van der Waals surface area (Å²) in [6.07, 6.45) is 1.84. The van der Waals surface area contributed by atoms with Crippen LogP contribution in [-0.4, -0.2) is 42.9 Å². The lowest BCUT2D eigenvalue weighted by Crippen LogP contribution is -2.46. The van der Waals surface area contributed by atoms with Crippen molar-refractivity contribution in [2.75, 3.05) is 25.0 Å². The quantitative estimate of drug-likeness (QED) is 0.794. The van der Waals surface area contributed by atoms with Crippen LogP contribution in [0.2, 0.25) is 0 Å². The van der Waals surface area contributed by atoms with Gasteiger partial charge >= 0.3 is 0 Å². The first kappa shape index (κ1) is 20.4. The molecule has 5 nitrogen and oxygen atoms in total. The summed E-state index contributed by atoms with van der Waals surface area (Å²) in [5.74, 6) is 1.85. The molecule has 30 heavy (non-hydrogen) atoms. The third kappa shape index (κ3) is 3.06. The summed E-state index contributed by atoms with van der Waals surface area (Å²) in [7, 11) is 1.95. The summed E-state index contributed by atoms with van der Waals surface area (Å²) in [4.78, 5) is 28.3. The van der Waals surface area contributed by atoms with Crippen molar-refractivity contribution in [2.24, 2.45) is 5.73 Å². The number of hydrogen-bond donors (Lipinski definition) is 1. The zero-order valence-corrected chi connectivity index (χ0v) is 18.2. The van der Waals surface area contributed by atoms with Gasteiger partial charge in [-0.05, 0) is 81.1 Å². The van der Waals surface area contributed by atoms with Crippen LogP contribution in [-0.2, 0) is 10.2 Å². The molecule has 2 N–H and O–H groups in total. The highest BCUT2D eigenvalue weighted by atomic mass is 16.1. The standard InChI is InChI=1S/C25H29N3O2/c1-16(2)28-11-9-25(10-12-28)21-8-7-19(14-22(21)27(4)23(25)15-29)18-6-5-17(3)20(13-18)24(26)30/h5-8,13-14,16H,9-12H2,1-4H3,(H2,26,30). The van der Waals surface area contributed by atoms with Crippen molar-refractivity contribution >= 4 is 17.5 Å². The third-order valence-corrected chi connectivity index (χ3v) is 6.98. The number of piperidine rings is 1. The van der Waals surface area contributed by atoms with Crippen molar-refractivity contribution in [1.29, 1.82) is 0 Å². The summed E-state index contributed by atoms with van der Waals surface area (Å²) >= 11 is 0. The van der Waals surface area contributed by atoms with E-state index in [2.05, 4.69) is 42.9 Å². The molecule has 5 heteroatoms. The van der Waals surface area contributed by atoms with E-state index in [9.17, 15) is 9.59 Å². The predicted octanol–water partition coefficient (Wildman–Crippen LogP) is 3.67. The van der Waals surface area contributed by atoms with E-state index in [4.69, 9.17) is 5.73 Å². The van der Waals surface area contributed by atoms with Crippen LogP contribution in [0, 0.1) is 6.92 Å². The van der Waals surface area contributed by atoms with E-state index < -0.39 is 5.91 Å². The van der Waals surface area contributed by atoms with Gasteiger partial charge in [0.25, 0.3) is 0 Å². The predicted molar refractivity (Wildman–Crippen MR) is 120 cm³/mol. The third-order valence-electron chi connectivity index (χ3n) is 6.98. The molecule has 0 atom stereocenters. The fourth-order valence-corrected chi connectivity index (χ4v) is 5.12. The van der Waals surface area contributed by atoms with Gasteiger partial charge in [-0.3, -0.25) is 4.79 Å². The number of nitrogens with zero attached hydrogens (tertiary/aromatic N) is 2. The molecule has 0 saturated carbocycles. The number of hydrogen-bond acceptors (Lipinski definition) is 4. The number of carbonyl (C=O) groups excluding carboxylic acids is 2. The van der Waals surface area contributed by atoms with E-state index in [-0.39, 0.29) is 5.41 Å². The molecule has 2 aromatic carbocycles. The van der Waals surface area contributed by atoms with Crippen LogP contribution in [0.25, 0.3) is 11.1 Å². The van der Waals surface area contributed by atoms with E-state index in [1.54, 1.807) is 0 Å². The molecule has 1 saturated heterocycles. The zero-order valence-electron chi connectivity index (χ0n) is 18.2. The Morgan fingerprint density at radius 1 is 1.10 bits per heavy atom. The Hall–Kier alpha value is -2.88. The molecular formula is C25H29N3O2. The molecule has 0 unspecified atom stereocenters. The van der Waals surface area contributed by atoms with Crippen LogP contribution in [0.3, 0.4) is 0 Å². The average molecular weight is 404 g/mol. The van der Waals surface area contributed by atoms with E-state index in [0.717, 1.165) is 54.0 Å². The molecule has 156 valence electrons. The van der Waals surface area contributed by atoms with Crippen LogP contribution < -0.4 is 10.6 Å². The maximum absolute atomic E-state index is 12.0. The monoisotopic (exact) mass is 403 g/mol. The summed E-state index contributed by atoms with van der Waals surface area (Å²) in [6, 6.07) is 12.6. The normalized spacial score (nSPS) is 18.0. The van der Waals surface area contributed by atoms with Crippen molar-refractivity contribution in [3.05, 3.63) is 58.8 Å². The minimum atomic E-state index is -0.422. The number of primary amides is 1. The number of likely N-dealkylation sites (N-methyl/N-ethyl adjacent to an activating group) is 1. The number of rotatable bonds is 3. The number of allylic oxidation sites excluding steroid dienone is 1. The summed E-state index contributed by atoms with van der Waals surface area (Å²) in [5.41, 5.74) is 11.6. The molecule has 2 aliphatic rings. The number of likely N-dealkylation sites (tertiary alicyclic amines) is 1. The minimum Gasteiger partial charge on any atom is -0.366 e. The van der Waals surface area contributed by atoms with Crippen molar-refractivity contribution in [3.8, 4) is 11.1 Å². The first-order chi connectivity index (χ1) is 14.3. The first-order valence-electron chi connectivity index (χ1n) is 10.6. The maximum atomic E-state index is 12.0. The lowest BCUT2D eigenvalue weighted by Gasteiger charge is -2.41. The summed E-state index contributed by atoms with van der Waals surface area (Å²) in [6.45, 7) is 8.26. The fraction of sp³-hybridized carbons (Fsp3) is 0.400. The molecule has 0 bridgehead atoms. The molecule has 0 radical (unpaired) electrons. The van der Waals surface area contributed by atoms with Gasteiger partial charge in [-0.1, -0.05) is 24.3 Å². The zero-order chi connectivity index (χ0) is 21.6. The molecule has 2 heterocycles. The van der Waals surface area contributed by atoms with Gasteiger partial charge in [-0.25, -0.2) is 4.79 Å². The molecule has 4 rings (SSSR count). The summed E-state index contributed by atoms with van der Waals surface area (Å²) in [5, 5.41) is 0. The van der Waals surface area contributed by atoms with Crippen LogP contribution in [0.1, 0.15) is 48.2 Å². The van der Waals surface area contributed by atoms with Crippen molar-refractivity contribution < 1.29 is 9.59 Å². The Morgan fingerprint density at radius 2 is 1.73 bits per heavy atom. The molecule has 1 spiro atoms. The van der Waals surface area contributed by atoms with Crippen LogP contribution in [0.4, 0.5) is 5.69 Å². The SMILES string of the molecule is Cc1ccc(-c2ccc3c(c2)N(C)C(=C=O)C32CCN(C(C)C)CC2)cc1C(N)=O. The highest BCUT2D eigenvalue weighted by Crippen LogP contribution is 2.52. The van der Waals surface area contributed by atoms with Gasteiger partial charge in [-0.15, -0.1) is 0 Å². The second-order valence-corrected chi connectivity index (χ2v) is 8.85. The number of benzene rings is 2. The molecule has 2 aromatic rings. The van der Waals surface area contributed by atoms with Gasteiger partial charge in [0.1, 0.15) is 11.6 Å². The smallest absolute Gasteiger partial charge is 0.248 e.